The lowest BCUT2D eigenvalue weighted by Crippen LogP contribution is -2.29. The summed E-state index contributed by atoms with van der Waals surface area (Å²) in [6.07, 6.45) is 1.72. The number of carbonyl (C=O) groups excluding carboxylic acids is 1. The van der Waals surface area contributed by atoms with Crippen LogP contribution in [0.3, 0.4) is 0 Å². The van der Waals surface area contributed by atoms with Crippen LogP contribution in [0.4, 0.5) is 0 Å². The molecule has 0 atom stereocenters. The Morgan fingerprint density at radius 1 is 1.35 bits per heavy atom. The fourth-order valence-corrected chi connectivity index (χ4v) is 2.12. The molecular weight excluding hydrogens is 301 g/mol. The molecule has 106 valence electrons. The summed E-state index contributed by atoms with van der Waals surface area (Å²) >= 11 is 12.2. The average molecular weight is 314 g/mol. The molecule has 0 spiro atoms. The number of hydrogen-bond donors (Lipinski definition) is 2. The molecule has 0 radical (unpaired) electrons. The van der Waals surface area contributed by atoms with Gasteiger partial charge in [-0.15, -0.1) is 5.10 Å². The van der Waals surface area contributed by atoms with Crippen molar-refractivity contribution in [1.82, 2.24) is 20.3 Å². The van der Waals surface area contributed by atoms with Gasteiger partial charge in [0, 0.05) is 15.6 Å². The van der Waals surface area contributed by atoms with E-state index in [9.17, 15) is 4.79 Å². The number of nitrogens with one attached hydrogen (secondary N) is 1. The highest BCUT2D eigenvalue weighted by Crippen LogP contribution is 2.24. The van der Waals surface area contributed by atoms with Gasteiger partial charge in [0.2, 0.25) is 5.91 Å². The maximum Gasteiger partial charge on any atom is 0.234 e. The summed E-state index contributed by atoms with van der Waals surface area (Å²) in [6, 6.07) is 5.31. The lowest BCUT2D eigenvalue weighted by molar-refractivity contribution is -0.119. The number of nitrogens with zero attached hydrogens (tertiary/aromatic N) is 3. The molecule has 0 bridgehead atoms. The molecule has 20 heavy (non-hydrogen) atoms. The van der Waals surface area contributed by atoms with E-state index < -0.39 is 0 Å². The highest BCUT2D eigenvalue weighted by Gasteiger charge is 2.08. The molecule has 0 fully saturated rings. The Hall–Kier alpha value is -1.63. The van der Waals surface area contributed by atoms with E-state index in [1.54, 1.807) is 29.1 Å². The summed E-state index contributed by atoms with van der Waals surface area (Å²) in [5.41, 5.74) is 6.60. The van der Waals surface area contributed by atoms with Gasteiger partial charge in [0.25, 0.3) is 0 Å². The van der Waals surface area contributed by atoms with E-state index in [4.69, 9.17) is 28.9 Å². The summed E-state index contributed by atoms with van der Waals surface area (Å²) < 4.78 is 1.61. The number of amides is 1. The molecule has 0 saturated heterocycles. The SMILES string of the molecule is NCC(=O)NCc1cn(Cc2c(Cl)cccc2Cl)nn1. The van der Waals surface area contributed by atoms with Crippen molar-refractivity contribution in [2.45, 2.75) is 13.1 Å². The van der Waals surface area contributed by atoms with Crippen LogP contribution in [0, 0.1) is 0 Å². The average Bonchev–Trinajstić information content (AvgIpc) is 2.88. The van der Waals surface area contributed by atoms with Crippen LogP contribution < -0.4 is 11.1 Å². The Balaban J connectivity index is 2.04. The zero-order valence-corrected chi connectivity index (χ0v) is 12.0. The van der Waals surface area contributed by atoms with Gasteiger partial charge in [-0.05, 0) is 12.1 Å². The van der Waals surface area contributed by atoms with E-state index in [2.05, 4.69) is 15.6 Å². The molecule has 0 aliphatic heterocycles. The van der Waals surface area contributed by atoms with Gasteiger partial charge < -0.3 is 11.1 Å². The molecule has 0 unspecified atom stereocenters. The van der Waals surface area contributed by atoms with Gasteiger partial charge in [-0.2, -0.15) is 0 Å². The minimum atomic E-state index is -0.242. The van der Waals surface area contributed by atoms with Crippen LogP contribution in [0.5, 0.6) is 0 Å². The Bertz CT molecular complexity index is 593. The predicted molar refractivity (Wildman–Crippen MR) is 76.5 cm³/mol. The second kappa shape index (κ2) is 6.69. The molecule has 6 nitrogen and oxygen atoms in total. The lowest BCUT2D eigenvalue weighted by atomic mass is 10.2. The van der Waals surface area contributed by atoms with Gasteiger partial charge in [-0.3, -0.25) is 4.79 Å². The van der Waals surface area contributed by atoms with Gasteiger partial charge in [0.05, 0.1) is 25.8 Å². The molecule has 0 saturated carbocycles. The summed E-state index contributed by atoms with van der Waals surface area (Å²) in [6.45, 7) is 0.645. The van der Waals surface area contributed by atoms with Crippen molar-refractivity contribution < 1.29 is 4.79 Å². The molecule has 0 aliphatic carbocycles. The highest BCUT2D eigenvalue weighted by molar-refractivity contribution is 6.35. The number of halogens is 2. The van der Waals surface area contributed by atoms with Crippen molar-refractivity contribution in [2.75, 3.05) is 6.54 Å². The number of nitrogens with two attached hydrogens (primary N) is 1. The first-order valence-electron chi connectivity index (χ1n) is 5.89. The van der Waals surface area contributed by atoms with Crippen LogP contribution in [0.2, 0.25) is 10.0 Å². The predicted octanol–water partition coefficient (Wildman–Crippen LogP) is 1.21. The topological polar surface area (TPSA) is 85.8 Å². The van der Waals surface area contributed by atoms with Crippen LogP contribution in [0.15, 0.2) is 24.4 Å². The minimum Gasteiger partial charge on any atom is -0.349 e. The first-order chi connectivity index (χ1) is 9.60. The summed E-state index contributed by atoms with van der Waals surface area (Å²) in [7, 11) is 0. The van der Waals surface area contributed by atoms with Gasteiger partial charge in [-0.25, -0.2) is 4.68 Å². The van der Waals surface area contributed by atoms with Crippen LogP contribution in [0.25, 0.3) is 0 Å². The monoisotopic (exact) mass is 313 g/mol. The largest absolute Gasteiger partial charge is 0.349 e. The van der Waals surface area contributed by atoms with Crippen molar-refractivity contribution in [1.29, 1.82) is 0 Å². The van der Waals surface area contributed by atoms with Crippen molar-refractivity contribution in [2.24, 2.45) is 5.73 Å². The van der Waals surface area contributed by atoms with E-state index >= 15 is 0 Å². The Morgan fingerprint density at radius 3 is 2.70 bits per heavy atom. The van der Waals surface area contributed by atoms with Crippen molar-refractivity contribution >= 4 is 29.1 Å². The van der Waals surface area contributed by atoms with Crippen LogP contribution in [0.1, 0.15) is 11.3 Å². The van der Waals surface area contributed by atoms with Gasteiger partial charge in [0.1, 0.15) is 5.69 Å². The molecule has 1 aromatic heterocycles. The first-order valence-corrected chi connectivity index (χ1v) is 6.64. The number of hydrogen-bond acceptors (Lipinski definition) is 4. The van der Waals surface area contributed by atoms with Gasteiger partial charge in [-0.1, -0.05) is 34.5 Å². The lowest BCUT2D eigenvalue weighted by Gasteiger charge is -2.05. The molecule has 1 heterocycles. The molecule has 2 aromatic rings. The normalized spacial score (nSPS) is 10.6. The van der Waals surface area contributed by atoms with E-state index in [1.807, 2.05) is 0 Å². The number of benzene rings is 1. The zero-order chi connectivity index (χ0) is 14.5. The Morgan fingerprint density at radius 2 is 2.05 bits per heavy atom. The number of carbonyl (C=O) groups is 1. The van der Waals surface area contributed by atoms with Gasteiger partial charge >= 0.3 is 0 Å². The molecule has 1 aromatic carbocycles. The first kappa shape index (κ1) is 14.8. The third-order valence-corrected chi connectivity index (χ3v) is 3.33. The van der Waals surface area contributed by atoms with Crippen LogP contribution in [-0.2, 0) is 17.9 Å². The summed E-state index contributed by atoms with van der Waals surface area (Å²) in [5.74, 6) is -0.242. The van der Waals surface area contributed by atoms with Crippen molar-refractivity contribution in [3.05, 3.63) is 45.7 Å². The quantitative estimate of drug-likeness (QED) is 0.868. The molecule has 1 amide bonds. The number of rotatable bonds is 5. The Kier molecular flexibility index (Phi) is 4.94. The highest BCUT2D eigenvalue weighted by atomic mass is 35.5. The van der Waals surface area contributed by atoms with E-state index in [0.717, 1.165) is 5.56 Å². The standard InChI is InChI=1S/C12H13Cl2N5O/c13-10-2-1-3-11(14)9(10)7-19-6-8(17-18-19)5-16-12(20)4-15/h1-3,6H,4-5,7,15H2,(H,16,20). The molecule has 2 rings (SSSR count). The van der Waals surface area contributed by atoms with Crippen molar-refractivity contribution in [3.8, 4) is 0 Å². The fourth-order valence-electron chi connectivity index (χ4n) is 1.60. The van der Waals surface area contributed by atoms with Gasteiger partial charge in [0.15, 0.2) is 0 Å². The maximum atomic E-state index is 11.0. The Labute approximate surface area is 125 Å². The third-order valence-electron chi connectivity index (χ3n) is 2.62. The van der Waals surface area contributed by atoms with E-state index in [0.29, 0.717) is 22.3 Å². The summed E-state index contributed by atoms with van der Waals surface area (Å²) in [4.78, 5) is 11.0. The zero-order valence-electron chi connectivity index (χ0n) is 10.5. The second-order valence-electron chi connectivity index (χ2n) is 4.09. The smallest absolute Gasteiger partial charge is 0.234 e. The number of aromatic nitrogens is 3. The van der Waals surface area contributed by atoms with Crippen LogP contribution in [-0.4, -0.2) is 27.4 Å². The molecule has 0 aliphatic rings. The minimum absolute atomic E-state index is 0.0522. The van der Waals surface area contributed by atoms with Crippen LogP contribution >= 0.6 is 23.2 Å². The fraction of sp³-hybridized carbons (Fsp3) is 0.250. The second-order valence-corrected chi connectivity index (χ2v) is 4.90. The van der Waals surface area contributed by atoms with Crippen molar-refractivity contribution in [3.63, 3.8) is 0 Å². The molecule has 8 heteroatoms. The van der Waals surface area contributed by atoms with E-state index in [-0.39, 0.29) is 19.0 Å². The summed E-state index contributed by atoms with van der Waals surface area (Å²) in [5, 5.41) is 11.7. The van der Waals surface area contributed by atoms with E-state index in [1.165, 1.54) is 0 Å². The maximum absolute atomic E-state index is 11.0. The molecule has 3 N–H and O–H groups in total. The molecular formula is C12H13Cl2N5O. The third kappa shape index (κ3) is 3.69.